The number of aliphatic imine (C=N–C) groups is 1. The van der Waals surface area contributed by atoms with Gasteiger partial charge in [-0.25, -0.2) is 9.79 Å². The Kier molecular flexibility index (Phi) is 8.58. The van der Waals surface area contributed by atoms with Crippen molar-refractivity contribution in [2.24, 2.45) is 4.99 Å². The van der Waals surface area contributed by atoms with Crippen molar-refractivity contribution < 1.29 is 24.2 Å². The molecule has 10 heteroatoms. The van der Waals surface area contributed by atoms with Gasteiger partial charge < -0.3 is 14.6 Å². The maximum Gasteiger partial charge on any atom is 0.327 e. The fourth-order valence-corrected chi connectivity index (χ4v) is 3.82. The number of carbonyl (C=O) groups is 2. The zero-order valence-electron chi connectivity index (χ0n) is 20.5. The number of esters is 1. The Morgan fingerprint density at radius 2 is 1.89 bits per heavy atom. The average Bonchev–Trinajstić information content (AvgIpc) is 2.79. The second kappa shape index (κ2) is 11.4. The molecular weight excluding hydrogens is 472 g/mol. The van der Waals surface area contributed by atoms with Gasteiger partial charge in [0.2, 0.25) is 12.3 Å². The first kappa shape index (κ1) is 26.3. The molecule has 35 heavy (non-hydrogen) atoms. The monoisotopic (exact) mass is 502 g/mol. The van der Waals surface area contributed by atoms with Crippen LogP contribution in [0.15, 0.2) is 47.5 Å². The van der Waals surface area contributed by atoms with Crippen LogP contribution in [-0.2, 0) is 16.1 Å². The molecule has 2 atom stereocenters. The van der Waals surface area contributed by atoms with Crippen LogP contribution in [0.4, 0.5) is 10.5 Å². The molecule has 9 nitrogen and oxygen atoms in total. The zero-order valence-corrected chi connectivity index (χ0v) is 21.2. The van der Waals surface area contributed by atoms with Crippen LogP contribution in [0.25, 0.3) is 0 Å². The van der Waals surface area contributed by atoms with Crippen molar-refractivity contribution >= 4 is 35.2 Å². The van der Waals surface area contributed by atoms with Crippen molar-refractivity contribution in [1.82, 2.24) is 15.1 Å². The van der Waals surface area contributed by atoms with Crippen molar-refractivity contribution in [3.05, 3.63) is 58.6 Å². The summed E-state index contributed by atoms with van der Waals surface area (Å²) in [6.07, 6.45) is -1.41. The first-order valence-electron chi connectivity index (χ1n) is 11.3. The molecule has 0 aliphatic carbocycles. The molecule has 0 saturated carbocycles. The van der Waals surface area contributed by atoms with Crippen LogP contribution >= 0.6 is 11.6 Å². The van der Waals surface area contributed by atoms with Crippen LogP contribution in [0.2, 0.25) is 5.02 Å². The number of nitrogens with zero attached hydrogens (tertiary/aromatic N) is 3. The fourth-order valence-electron chi connectivity index (χ4n) is 3.69. The Morgan fingerprint density at radius 1 is 1.20 bits per heavy atom. The summed E-state index contributed by atoms with van der Waals surface area (Å²) in [5, 5.41) is 14.6. The number of aliphatic hydroxyl groups excluding tert-OH is 1. The van der Waals surface area contributed by atoms with Crippen molar-refractivity contribution in [1.29, 1.82) is 0 Å². The quantitative estimate of drug-likeness (QED) is 0.525. The number of ether oxygens (including phenoxy) is 2. The van der Waals surface area contributed by atoms with Gasteiger partial charge in [-0.1, -0.05) is 23.7 Å². The number of guanidine groups is 1. The van der Waals surface area contributed by atoms with Gasteiger partial charge in [0, 0.05) is 11.1 Å². The molecule has 1 fully saturated rings. The summed E-state index contributed by atoms with van der Waals surface area (Å²) >= 11 is 6.02. The number of amides is 2. The molecule has 3 rings (SSSR count). The standard InChI is InChI=1S/C25H31ClN4O5/c1-15(2)35-21-11-10-20(12-16(21)3)27-23-28-24(32)30(17(4)13-22(31)34-5)25(33)29(23)14-18-6-8-19(26)9-7-18/h6-12,15,17,25,33H,13-14H2,1-5H3,(H,27,28,32). The molecular formula is C25H31ClN4O5. The molecule has 2 aromatic carbocycles. The van der Waals surface area contributed by atoms with Crippen LogP contribution in [0.3, 0.4) is 0 Å². The lowest BCUT2D eigenvalue weighted by atomic mass is 10.2. The highest BCUT2D eigenvalue weighted by Crippen LogP contribution is 2.27. The largest absolute Gasteiger partial charge is 0.491 e. The highest BCUT2D eigenvalue weighted by molar-refractivity contribution is 6.30. The highest BCUT2D eigenvalue weighted by atomic mass is 35.5. The minimum absolute atomic E-state index is 0.0338. The van der Waals surface area contributed by atoms with E-state index in [2.05, 4.69) is 10.3 Å². The second-order valence-corrected chi connectivity index (χ2v) is 9.06. The Hall–Kier alpha value is -3.30. The number of hydrogen-bond donors (Lipinski definition) is 2. The van der Waals surface area contributed by atoms with E-state index in [0.717, 1.165) is 16.9 Å². The molecule has 1 aliphatic rings. The molecule has 1 aliphatic heterocycles. The summed E-state index contributed by atoms with van der Waals surface area (Å²) in [6.45, 7) is 7.71. The molecule has 0 bridgehead atoms. The van der Waals surface area contributed by atoms with Gasteiger partial charge in [-0.2, -0.15) is 0 Å². The summed E-state index contributed by atoms with van der Waals surface area (Å²) < 4.78 is 10.5. The van der Waals surface area contributed by atoms with Gasteiger partial charge in [0.15, 0.2) is 0 Å². The van der Waals surface area contributed by atoms with E-state index >= 15 is 0 Å². The number of hydrogen-bond acceptors (Lipinski definition) is 6. The zero-order chi connectivity index (χ0) is 25.7. The third kappa shape index (κ3) is 6.64. The lowest BCUT2D eigenvalue weighted by Crippen LogP contribution is -2.67. The fraction of sp³-hybridized carbons (Fsp3) is 0.400. The number of halogens is 1. The van der Waals surface area contributed by atoms with E-state index in [4.69, 9.17) is 21.1 Å². The summed E-state index contributed by atoms with van der Waals surface area (Å²) in [5.74, 6) is 0.439. The van der Waals surface area contributed by atoms with Crippen LogP contribution in [0.5, 0.6) is 5.75 Å². The maximum absolute atomic E-state index is 13.0. The van der Waals surface area contributed by atoms with E-state index < -0.39 is 24.4 Å². The van der Waals surface area contributed by atoms with E-state index in [1.54, 1.807) is 30.0 Å². The third-order valence-corrected chi connectivity index (χ3v) is 5.69. The number of rotatable bonds is 8. The molecule has 1 saturated heterocycles. The summed E-state index contributed by atoms with van der Waals surface area (Å²) in [7, 11) is 1.28. The first-order valence-corrected chi connectivity index (χ1v) is 11.7. The maximum atomic E-state index is 13.0. The third-order valence-electron chi connectivity index (χ3n) is 5.44. The van der Waals surface area contributed by atoms with Gasteiger partial charge in [0.1, 0.15) is 5.75 Å². The number of methoxy groups -OCH3 is 1. The molecule has 2 amide bonds. The topological polar surface area (TPSA) is 104 Å². The lowest BCUT2D eigenvalue weighted by Gasteiger charge is -2.44. The minimum Gasteiger partial charge on any atom is -0.491 e. The Bertz CT molecular complexity index is 1090. The first-order chi connectivity index (χ1) is 16.6. The second-order valence-electron chi connectivity index (χ2n) is 8.62. The number of aliphatic hydroxyl groups is 1. The SMILES string of the molecule is COC(=O)CC(C)N1C(=O)NC(=Nc2ccc(OC(C)C)c(C)c2)N(Cc2ccc(Cl)cc2)C1O. The number of carbonyl (C=O) groups excluding carboxylic acids is 2. The van der Waals surface area contributed by atoms with Gasteiger partial charge in [-0.3, -0.25) is 19.9 Å². The van der Waals surface area contributed by atoms with Gasteiger partial charge in [-0.05, 0) is 69.2 Å². The van der Waals surface area contributed by atoms with Crippen LogP contribution < -0.4 is 10.1 Å². The van der Waals surface area contributed by atoms with Crippen molar-refractivity contribution in [3.8, 4) is 5.75 Å². The summed E-state index contributed by atoms with van der Waals surface area (Å²) in [5.41, 5.74) is 2.31. The Morgan fingerprint density at radius 3 is 2.49 bits per heavy atom. The Balaban J connectivity index is 1.95. The molecule has 2 aromatic rings. The number of urea groups is 1. The van der Waals surface area contributed by atoms with E-state index in [9.17, 15) is 14.7 Å². The number of nitrogens with one attached hydrogen (secondary N) is 1. The smallest absolute Gasteiger partial charge is 0.327 e. The number of benzene rings is 2. The van der Waals surface area contributed by atoms with E-state index in [0.29, 0.717) is 10.7 Å². The molecule has 188 valence electrons. The van der Waals surface area contributed by atoms with Crippen molar-refractivity contribution in [3.63, 3.8) is 0 Å². The van der Waals surface area contributed by atoms with Crippen molar-refractivity contribution in [2.45, 2.75) is 59.2 Å². The molecule has 0 spiro atoms. The van der Waals surface area contributed by atoms with Crippen LogP contribution in [0.1, 0.15) is 38.3 Å². The summed E-state index contributed by atoms with van der Waals surface area (Å²) in [6, 6.07) is 11.4. The normalized spacial score (nSPS) is 18.0. The van der Waals surface area contributed by atoms with Gasteiger partial charge in [-0.15, -0.1) is 0 Å². The van der Waals surface area contributed by atoms with Crippen LogP contribution in [0, 0.1) is 6.92 Å². The predicted molar refractivity (Wildman–Crippen MR) is 134 cm³/mol. The molecule has 2 N–H and O–H groups in total. The van der Waals surface area contributed by atoms with Gasteiger partial charge in [0.05, 0.1) is 31.9 Å². The molecule has 1 heterocycles. The minimum atomic E-state index is -1.37. The van der Waals surface area contributed by atoms with Gasteiger partial charge in [0.25, 0.3) is 0 Å². The predicted octanol–water partition coefficient (Wildman–Crippen LogP) is 4.18. The lowest BCUT2D eigenvalue weighted by molar-refractivity contribution is -0.143. The van der Waals surface area contributed by atoms with Crippen molar-refractivity contribution in [2.75, 3.05) is 7.11 Å². The van der Waals surface area contributed by atoms with Crippen LogP contribution in [-0.4, -0.2) is 58.5 Å². The van der Waals surface area contributed by atoms with Gasteiger partial charge >= 0.3 is 12.0 Å². The van der Waals surface area contributed by atoms with E-state index in [1.165, 1.54) is 12.0 Å². The Labute approximate surface area is 210 Å². The summed E-state index contributed by atoms with van der Waals surface area (Å²) in [4.78, 5) is 32.1. The number of aryl methyl sites for hydroxylation is 1. The molecule has 0 aromatic heterocycles. The van der Waals surface area contributed by atoms with E-state index in [1.807, 2.05) is 45.0 Å². The highest BCUT2D eigenvalue weighted by Gasteiger charge is 2.39. The average molecular weight is 503 g/mol. The molecule has 0 radical (unpaired) electrons. The molecule has 2 unspecified atom stereocenters. The van der Waals surface area contributed by atoms with E-state index in [-0.39, 0.29) is 25.0 Å².